The number of hydrogen-bond acceptors (Lipinski definition) is 3. The van der Waals surface area contributed by atoms with Crippen LogP contribution in [0.1, 0.15) is 63.0 Å². The Hall–Kier alpha value is -1.56. The van der Waals surface area contributed by atoms with Crippen molar-refractivity contribution in [2.45, 2.75) is 63.6 Å². The van der Waals surface area contributed by atoms with Crippen LogP contribution in [0, 0.1) is 5.92 Å². The van der Waals surface area contributed by atoms with Crippen molar-refractivity contribution in [3.63, 3.8) is 0 Å². The summed E-state index contributed by atoms with van der Waals surface area (Å²) in [5, 5.41) is 10.1. The fourth-order valence-corrected chi connectivity index (χ4v) is 3.14. The van der Waals surface area contributed by atoms with E-state index in [1.807, 2.05) is 6.07 Å². The molecule has 25 heavy (non-hydrogen) atoms. The Kier molecular flexibility index (Phi) is 7.29. The number of aliphatic hydroxyl groups is 1. The van der Waals surface area contributed by atoms with Crippen LogP contribution in [-0.4, -0.2) is 23.7 Å². The van der Waals surface area contributed by atoms with E-state index in [1.165, 1.54) is 32.1 Å². The molecular formula is C19H25F3O3. The minimum Gasteiger partial charge on any atom is -0.493 e. The summed E-state index contributed by atoms with van der Waals surface area (Å²) in [7, 11) is 0. The number of Topliss-reactive ketones (excluding diaryl/α,β-unsaturated/α-hetero) is 1. The molecule has 0 spiro atoms. The highest BCUT2D eigenvalue weighted by atomic mass is 19.4. The molecule has 1 saturated carbocycles. The molecular weight excluding hydrogens is 333 g/mol. The molecule has 0 aromatic heterocycles. The number of ketones is 1. The van der Waals surface area contributed by atoms with Crippen LogP contribution in [0.2, 0.25) is 0 Å². The maximum Gasteiger partial charge on any atom is 0.449 e. The van der Waals surface area contributed by atoms with Crippen molar-refractivity contribution in [1.29, 1.82) is 0 Å². The predicted molar refractivity (Wildman–Crippen MR) is 88.4 cm³/mol. The first-order chi connectivity index (χ1) is 11.9. The topological polar surface area (TPSA) is 46.5 Å². The molecule has 1 N–H and O–H groups in total. The fourth-order valence-electron chi connectivity index (χ4n) is 3.14. The molecule has 0 saturated heterocycles. The number of halogens is 3. The smallest absolute Gasteiger partial charge is 0.449 e. The minimum atomic E-state index is -4.79. The molecule has 0 bridgehead atoms. The number of aliphatic hydroxyl groups excluding tert-OH is 1. The van der Waals surface area contributed by atoms with Gasteiger partial charge in [-0.2, -0.15) is 13.2 Å². The molecule has 0 unspecified atom stereocenters. The van der Waals surface area contributed by atoms with Crippen molar-refractivity contribution < 1.29 is 27.8 Å². The van der Waals surface area contributed by atoms with Gasteiger partial charge in [-0.05, 0) is 49.3 Å². The molecule has 2 rings (SSSR count). The second-order valence-corrected chi connectivity index (χ2v) is 6.72. The molecule has 6 heteroatoms. The largest absolute Gasteiger partial charge is 0.493 e. The van der Waals surface area contributed by atoms with E-state index in [9.17, 15) is 23.1 Å². The van der Waals surface area contributed by atoms with Gasteiger partial charge >= 0.3 is 6.18 Å². The van der Waals surface area contributed by atoms with Crippen molar-refractivity contribution in [3.05, 3.63) is 29.8 Å². The highest BCUT2D eigenvalue weighted by Crippen LogP contribution is 2.27. The zero-order valence-corrected chi connectivity index (χ0v) is 14.2. The third-order valence-corrected chi connectivity index (χ3v) is 4.65. The first-order valence-electron chi connectivity index (χ1n) is 8.87. The minimum absolute atomic E-state index is 0.00727. The van der Waals surface area contributed by atoms with Crippen LogP contribution in [0.25, 0.3) is 0 Å². The third kappa shape index (κ3) is 6.69. The summed E-state index contributed by atoms with van der Waals surface area (Å²) in [4.78, 5) is 10.8. The lowest BCUT2D eigenvalue weighted by Crippen LogP contribution is -2.22. The summed E-state index contributed by atoms with van der Waals surface area (Å²) < 4.78 is 42.3. The Labute approximate surface area is 146 Å². The normalized spacial score (nSPS) is 17.3. The quantitative estimate of drug-likeness (QED) is 0.713. The summed E-state index contributed by atoms with van der Waals surface area (Å²) in [5.41, 5.74) is 0.598. The van der Waals surface area contributed by atoms with Crippen LogP contribution in [0.15, 0.2) is 24.3 Å². The summed E-state index contributed by atoms with van der Waals surface area (Å²) in [6, 6.07) is 7.00. The van der Waals surface area contributed by atoms with Gasteiger partial charge in [0.05, 0.1) is 12.7 Å². The maximum absolute atomic E-state index is 12.2. The van der Waals surface area contributed by atoms with Gasteiger partial charge in [-0.25, -0.2) is 0 Å². The average Bonchev–Trinajstić information content (AvgIpc) is 2.60. The predicted octanol–water partition coefficient (Wildman–Crippen LogP) is 4.98. The standard InChI is InChI=1S/C19H25F3O3/c20-19(21,22)18(24)11-5-10-17(23)15-8-4-9-16(12-15)25-13-14-6-2-1-3-7-14/h4,8-9,12,14,17,23H,1-3,5-7,10-11,13H2/t17-/m1/s1. The van der Waals surface area contributed by atoms with E-state index >= 15 is 0 Å². The molecule has 1 aromatic carbocycles. The summed E-state index contributed by atoms with van der Waals surface area (Å²) in [5.74, 6) is -0.520. The van der Waals surface area contributed by atoms with Crippen molar-refractivity contribution in [2.24, 2.45) is 5.92 Å². The second kappa shape index (κ2) is 9.22. The molecule has 0 amide bonds. The van der Waals surface area contributed by atoms with E-state index in [2.05, 4.69) is 0 Å². The van der Waals surface area contributed by atoms with Gasteiger partial charge in [-0.1, -0.05) is 31.4 Å². The molecule has 1 aromatic rings. The van der Waals surface area contributed by atoms with Crippen LogP contribution < -0.4 is 4.74 Å². The number of hydrogen-bond donors (Lipinski definition) is 1. The monoisotopic (exact) mass is 358 g/mol. The van der Waals surface area contributed by atoms with Gasteiger partial charge in [-0.3, -0.25) is 4.79 Å². The molecule has 3 nitrogen and oxygen atoms in total. The Morgan fingerprint density at radius 1 is 1.24 bits per heavy atom. The number of alkyl halides is 3. The molecule has 140 valence electrons. The van der Waals surface area contributed by atoms with Crippen molar-refractivity contribution in [2.75, 3.05) is 6.61 Å². The average molecular weight is 358 g/mol. The van der Waals surface area contributed by atoms with Gasteiger partial charge in [0.2, 0.25) is 5.78 Å². The second-order valence-electron chi connectivity index (χ2n) is 6.72. The number of carbonyl (C=O) groups excluding carboxylic acids is 1. The molecule has 1 aliphatic carbocycles. The lowest BCUT2D eigenvalue weighted by Gasteiger charge is -2.22. The van der Waals surface area contributed by atoms with E-state index in [-0.39, 0.29) is 12.8 Å². The Balaban J connectivity index is 1.79. The summed E-state index contributed by atoms with van der Waals surface area (Å²) >= 11 is 0. The first-order valence-corrected chi connectivity index (χ1v) is 8.87. The number of benzene rings is 1. The maximum atomic E-state index is 12.2. The van der Waals surface area contributed by atoms with Gasteiger partial charge in [0.25, 0.3) is 0 Å². The number of carbonyl (C=O) groups is 1. The van der Waals surface area contributed by atoms with Crippen LogP contribution in [0.3, 0.4) is 0 Å². The summed E-state index contributed by atoms with van der Waals surface area (Å²) in [6.45, 7) is 0.652. The Morgan fingerprint density at radius 3 is 2.64 bits per heavy atom. The highest BCUT2D eigenvalue weighted by molar-refractivity contribution is 5.83. The van der Waals surface area contributed by atoms with Crippen molar-refractivity contribution >= 4 is 5.78 Å². The SMILES string of the molecule is O=C(CCC[C@@H](O)c1cccc(OCC2CCCCC2)c1)C(F)(F)F. The molecule has 0 aliphatic heterocycles. The van der Waals surface area contributed by atoms with E-state index in [1.54, 1.807) is 18.2 Å². The Bertz CT molecular complexity index is 551. The number of ether oxygens (including phenoxy) is 1. The molecule has 0 heterocycles. The lowest BCUT2D eigenvalue weighted by atomic mass is 9.90. The zero-order chi connectivity index (χ0) is 18.3. The van der Waals surface area contributed by atoms with Crippen LogP contribution in [0.5, 0.6) is 5.75 Å². The van der Waals surface area contributed by atoms with Gasteiger partial charge in [-0.15, -0.1) is 0 Å². The van der Waals surface area contributed by atoms with E-state index in [0.717, 1.165) is 0 Å². The van der Waals surface area contributed by atoms with Crippen LogP contribution >= 0.6 is 0 Å². The molecule has 1 fully saturated rings. The first kappa shape index (κ1) is 19.8. The third-order valence-electron chi connectivity index (χ3n) is 4.65. The van der Waals surface area contributed by atoms with Crippen LogP contribution in [0.4, 0.5) is 13.2 Å². The highest BCUT2D eigenvalue weighted by Gasteiger charge is 2.37. The zero-order valence-electron chi connectivity index (χ0n) is 14.2. The van der Waals surface area contributed by atoms with E-state index in [0.29, 0.717) is 23.8 Å². The molecule has 0 radical (unpaired) electrons. The fraction of sp³-hybridized carbons (Fsp3) is 0.632. The molecule has 1 atom stereocenters. The van der Waals surface area contributed by atoms with E-state index in [4.69, 9.17) is 4.74 Å². The van der Waals surface area contributed by atoms with Gasteiger partial charge in [0.1, 0.15) is 5.75 Å². The van der Waals surface area contributed by atoms with Gasteiger partial charge in [0, 0.05) is 6.42 Å². The lowest BCUT2D eigenvalue weighted by molar-refractivity contribution is -0.171. The van der Waals surface area contributed by atoms with Gasteiger partial charge in [0.15, 0.2) is 0 Å². The van der Waals surface area contributed by atoms with Crippen molar-refractivity contribution in [1.82, 2.24) is 0 Å². The molecule has 1 aliphatic rings. The van der Waals surface area contributed by atoms with E-state index < -0.39 is 24.5 Å². The van der Waals surface area contributed by atoms with Gasteiger partial charge < -0.3 is 9.84 Å². The summed E-state index contributed by atoms with van der Waals surface area (Å²) in [6.07, 6.45) is -0.0802. The van der Waals surface area contributed by atoms with Crippen molar-refractivity contribution in [3.8, 4) is 5.75 Å². The number of rotatable bonds is 8. The van der Waals surface area contributed by atoms with Crippen LogP contribution in [-0.2, 0) is 4.79 Å². The Morgan fingerprint density at radius 2 is 1.96 bits per heavy atom.